The van der Waals surface area contributed by atoms with Gasteiger partial charge in [-0.2, -0.15) is 0 Å². The van der Waals surface area contributed by atoms with Crippen molar-refractivity contribution in [1.29, 1.82) is 0 Å². The van der Waals surface area contributed by atoms with Crippen LogP contribution in [0, 0.1) is 0 Å². The largest absolute Gasteiger partial charge is 0.394 e. The topological polar surface area (TPSA) is 80.9 Å². The van der Waals surface area contributed by atoms with Gasteiger partial charge in [0.05, 0.1) is 0 Å². The predicted molar refractivity (Wildman–Crippen MR) is 69.4 cm³/mol. The molecule has 0 rings (SSSR count). The number of hydrogen-bond acceptors (Lipinski definition) is 4. The van der Waals surface area contributed by atoms with Crippen LogP contribution in [0.25, 0.3) is 0 Å². The summed E-state index contributed by atoms with van der Waals surface area (Å²) >= 11 is 0. The van der Waals surface area contributed by atoms with Crippen molar-refractivity contribution >= 4 is 0 Å². The van der Waals surface area contributed by atoms with Gasteiger partial charge in [-0.05, 0) is 55.4 Å². The van der Waals surface area contributed by atoms with E-state index in [0.29, 0.717) is 0 Å². The third kappa shape index (κ3) is 89100. The Balaban J connectivity index is -0.0000000600. The van der Waals surface area contributed by atoms with Gasteiger partial charge in [0, 0.05) is 24.4 Å². The molecule has 0 aliphatic rings. The SMILES string of the molecule is CC(C)O.CC(C)O.CC(C)O.CC(C)O. The molecule has 0 aromatic carbocycles. The highest BCUT2D eigenvalue weighted by Gasteiger charge is 1.70. The summed E-state index contributed by atoms with van der Waals surface area (Å²) in [6, 6.07) is 0. The molecular weight excluding hydrogens is 208 g/mol. The standard InChI is InChI=1S/4C3H8O/c4*1-3(2)4/h4*3-4H,1-2H3. The second kappa shape index (κ2) is 20.3. The maximum Gasteiger partial charge on any atom is 0.0483 e. The van der Waals surface area contributed by atoms with Gasteiger partial charge >= 0.3 is 0 Å². The molecule has 4 nitrogen and oxygen atoms in total. The fourth-order valence-electron chi connectivity index (χ4n) is 0. The highest BCUT2D eigenvalue weighted by Crippen LogP contribution is 1.66. The fourth-order valence-corrected chi connectivity index (χ4v) is 0. The minimum Gasteiger partial charge on any atom is -0.394 e. The summed E-state index contributed by atoms with van der Waals surface area (Å²) in [6.45, 7) is 13.8. The zero-order valence-corrected chi connectivity index (χ0v) is 12.1. The molecular formula is C12H32O4. The molecule has 0 amide bonds. The molecule has 0 aromatic rings. The van der Waals surface area contributed by atoms with E-state index in [0.717, 1.165) is 0 Å². The average molecular weight is 240 g/mol. The van der Waals surface area contributed by atoms with E-state index in [2.05, 4.69) is 0 Å². The van der Waals surface area contributed by atoms with Gasteiger partial charge < -0.3 is 20.4 Å². The van der Waals surface area contributed by atoms with Crippen molar-refractivity contribution in [2.24, 2.45) is 0 Å². The molecule has 0 aliphatic carbocycles. The van der Waals surface area contributed by atoms with Gasteiger partial charge in [0.1, 0.15) is 0 Å². The lowest BCUT2D eigenvalue weighted by molar-refractivity contribution is 0.215. The first-order valence-corrected chi connectivity index (χ1v) is 5.65. The highest BCUT2D eigenvalue weighted by molar-refractivity contribution is 4.21. The van der Waals surface area contributed by atoms with Crippen LogP contribution in [0.2, 0.25) is 0 Å². The maximum absolute atomic E-state index is 8.06. The van der Waals surface area contributed by atoms with E-state index in [1.807, 2.05) is 0 Å². The average Bonchev–Trinajstić information content (AvgIpc) is 1.76. The van der Waals surface area contributed by atoms with Gasteiger partial charge in [-0.15, -0.1) is 0 Å². The van der Waals surface area contributed by atoms with E-state index in [9.17, 15) is 0 Å². The molecule has 4 heteroatoms. The Bertz CT molecular complexity index is 56.0. The molecule has 0 saturated heterocycles. The Kier molecular flexibility index (Phi) is 31.5. The van der Waals surface area contributed by atoms with E-state index >= 15 is 0 Å². The first-order valence-electron chi connectivity index (χ1n) is 5.65. The number of aliphatic hydroxyl groups is 4. The van der Waals surface area contributed by atoms with Crippen LogP contribution in [0.4, 0.5) is 0 Å². The van der Waals surface area contributed by atoms with Gasteiger partial charge in [-0.1, -0.05) is 0 Å². The van der Waals surface area contributed by atoms with Gasteiger partial charge in [0.25, 0.3) is 0 Å². The summed E-state index contributed by atoms with van der Waals surface area (Å²) in [5, 5.41) is 32.2. The van der Waals surface area contributed by atoms with Crippen molar-refractivity contribution in [2.45, 2.75) is 79.8 Å². The zero-order chi connectivity index (χ0) is 14.3. The first kappa shape index (κ1) is 24.9. The summed E-state index contributed by atoms with van der Waals surface area (Å²) in [5.41, 5.74) is 0. The monoisotopic (exact) mass is 240 g/mol. The van der Waals surface area contributed by atoms with Crippen LogP contribution in [-0.4, -0.2) is 44.8 Å². The molecule has 0 bridgehead atoms. The first-order chi connectivity index (χ1) is 6.93. The summed E-state index contributed by atoms with van der Waals surface area (Å²) in [5.74, 6) is 0. The predicted octanol–water partition coefficient (Wildman–Crippen LogP) is 1.55. The summed E-state index contributed by atoms with van der Waals surface area (Å²) < 4.78 is 0. The van der Waals surface area contributed by atoms with Crippen LogP contribution in [0.1, 0.15) is 55.4 Å². The van der Waals surface area contributed by atoms with Crippen molar-refractivity contribution in [1.82, 2.24) is 0 Å². The number of aliphatic hydroxyl groups excluding tert-OH is 4. The third-order valence-electron chi connectivity index (χ3n) is 0. The lowest BCUT2D eigenvalue weighted by Crippen LogP contribution is -1.85. The van der Waals surface area contributed by atoms with E-state index in [1.54, 1.807) is 55.4 Å². The zero-order valence-electron chi connectivity index (χ0n) is 12.1. The highest BCUT2D eigenvalue weighted by atomic mass is 16.3. The second-order valence-electron chi connectivity index (χ2n) is 4.37. The van der Waals surface area contributed by atoms with E-state index in [-0.39, 0.29) is 24.4 Å². The molecule has 4 N–H and O–H groups in total. The fraction of sp³-hybridized carbons (Fsp3) is 1.00. The van der Waals surface area contributed by atoms with Crippen LogP contribution >= 0.6 is 0 Å². The van der Waals surface area contributed by atoms with Crippen LogP contribution in [0.5, 0.6) is 0 Å². The van der Waals surface area contributed by atoms with Crippen molar-refractivity contribution in [3.8, 4) is 0 Å². The molecule has 0 fully saturated rings. The van der Waals surface area contributed by atoms with Gasteiger partial charge in [-0.3, -0.25) is 0 Å². The Morgan fingerprint density at radius 2 is 0.375 bits per heavy atom. The smallest absolute Gasteiger partial charge is 0.0483 e. The molecule has 0 unspecified atom stereocenters. The van der Waals surface area contributed by atoms with Crippen molar-refractivity contribution < 1.29 is 20.4 Å². The van der Waals surface area contributed by atoms with Gasteiger partial charge in [-0.25, -0.2) is 0 Å². The molecule has 0 saturated carbocycles. The maximum atomic E-state index is 8.06. The van der Waals surface area contributed by atoms with E-state index in [4.69, 9.17) is 20.4 Å². The number of hydrogen-bond donors (Lipinski definition) is 4. The van der Waals surface area contributed by atoms with Crippen LogP contribution < -0.4 is 0 Å². The molecule has 0 atom stereocenters. The second-order valence-corrected chi connectivity index (χ2v) is 4.37. The normalized spacial score (nSPS) is 9.00. The molecule has 16 heavy (non-hydrogen) atoms. The number of rotatable bonds is 0. The van der Waals surface area contributed by atoms with Crippen molar-refractivity contribution in [3.63, 3.8) is 0 Å². The van der Waals surface area contributed by atoms with Crippen molar-refractivity contribution in [2.75, 3.05) is 0 Å². The minimum atomic E-state index is -0.167. The van der Waals surface area contributed by atoms with Crippen LogP contribution in [0.3, 0.4) is 0 Å². The Hall–Kier alpha value is -0.160. The lowest BCUT2D eigenvalue weighted by atomic mass is 10.5. The Labute approximate surface area is 101 Å². The molecule has 0 heterocycles. The van der Waals surface area contributed by atoms with Crippen molar-refractivity contribution in [3.05, 3.63) is 0 Å². The quantitative estimate of drug-likeness (QED) is 0.518. The minimum absolute atomic E-state index is 0.167. The summed E-state index contributed by atoms with van der Waals surface area (Å²) in [7, 11) is 0. The lowest BCUT2D eigenvalue weighted by Gasteiger charge is -1.80. The Morgan fingerprint density at radius 1 is 0.375 bits per heavy atom. The molecule has 104 valence electrons. The summed E-state index contributed by atoms with van der Waals surface area (Å²) in [6.07, 6.45) is -0.667. The van der Waals surface area contributed by atoms with Gasteiger partial charge in [0.15, 0.2) is 0 Å². The van der Waals surface area contributed by atoms with E-state index < -0.39 is 0 Å². The van der Waals surface area contributed by atoms with Crippen LogP contribution in [0.15, 0.2) is 0 Å². The van der Waals surface area contributed by atoms with Gasteiger partial charge in [0.2, 0.25) is 0 Å². The van der Waals surface area contributed by atoms with E-state index in [1.165, 1.54) is 0 Å². The molecule has 0 aromatic heterocycles. The molecule has 0 spiro atoms. The summed E-state index contributed by atoms with van der Waals surface area (Å²) in [4.78, 5) is 0. The molecule has 0 radical (unpaired) electrons. The van der Waals surface area contributed by atoms with Crippen LogP contribution in [-0.2, 0) is 0 Å². The Morgan fingerprint density at radius 3 is 0.375 bits per heavy atom. The third-order valence-corrected chi connectivity index (χ3v) is 0. The molecule has 0 aliphatic heterocycles.